The Balaban J connectivity index is 1.37. The predicted molar refractivity (Wildman–Crippen MR) is 123 cm³/mol. The highest BCUT2D eigenvalue weighted by molar-refractivity contribution is 5.80. The molecule has 3 heterocycles. The lowest BCUT2D eigenvalue weighted by Crippen LogP contribution is -2.46. The van der Waals surface area contributed by atoms with E-state index in [0.29, 0.717) is 5.92 Å². The molecular weight excluding hydrogens is 382 g/mol. The fourth-order valence-corrected chi connectivity index (χ4v) is 4.05. The Bertz CT molecular complexity index is 1280. The van der Waals surface area contributed by atoms with Gasteiger partial charge in [-0.15, -0.1) is 0 Å². The van der Waals surface area contributed by atoms with Crippen LogP contribution in [0.4, 0.5) is 5.82 Å². The van der Waals surface area contributed by atoms with Crippen LogP contribution in [0, 0.1) is 11.3 Å². The molecule has 5 heteroatoms. The molecule has 0 aliphatic carbocycles. The molecule has 0 amide bonds. The Morgan fingerprint density at radius 3 is 2.45 bits per heavy atom. The van der Waals surface area contributed by atoms with Crippen LogP contribution in [-0.4, -0.2) is 28.0 Å². The van der Waals surface area contributed by atoms with Crippen LogP contribution in [0.3, 0.4) is 0 Å². The first kappa shape index (κ1) is 19.2. The van der Waals surface area contributed by atoms with Crippen molar-refractivity contribution < 1.29 is 0 Å². The van der Waals surface area contributed by atoms with Crippen molar-refractivity contribution in [2.75, 3.05) is 18.0 Å². The lowest BCUT2D eigenvalue weighted by Gasteiger charge is -2.40. The fourth-order valence-electron chi connectivity index (χ4n) is 4.05. The molecule has 0 saturated carbocycles. The van der Waals surface area contributed by atoms with Crippen molar-refractivity contribution >= 4 is 16.7 Å². The van der Waals surface area contributed by atoms with Crippen molar-refractivity contribution in [2.45, 2.75) is 25.2 Å². The Kier molecular flexibility index (Phi) is 4.63. The van der Waals surface area contributed by atoms with Gasteiger partial charge < -0.3 is 4.90 Å². The summed E-state index contributed by atoms with van der Waals surface area (Å²) in [6, 6.07) is 22.9. The van der Waals surface area contributed by atoms with E-state index in [-0.39, 0.29) is 0 Å². The molecule has 5 nitrogen and oxygen atoms in total. The minimum Gasteiger partial charge on any atom is -0.355 e. The molecule has 0 N–H and O–H groups in total. The Morgan fingerprint density at radius 2 is 1.68 bits per heavy atom. The molecule has 1 aliphatic heterocycles. The van der Waals surface area contributed by atoms with Crippen LogP contribution in [0.15, 0.2) is 73.1 Å². The van der Waals surface area contributed by atoms with Crippen LogP contribution in [0.1, 0.15) is 31.0 Å². The highest BCUT2D eigenvalue weighted by atomic mass is 15.2. The van der Waals surface area contributed by atoms with Gasteiger partial charge in [-0.2, -0.15) is 5.26 Å². The van der Waals surface area contributed by atoms with Crippen molar-refractivity contribution in [3.8, 4) is 17.3 Å². The Morgan fingerprint density at radius 1 is 0.935 bits per heavy atom. The maximum absolute atomic E-state index is 9.39. The van der Waals surface area contributed by atoms with Gasteiger partial charge in [-0.25, -0.2) is 4.98 Å². The zero-order valence-electron chi connectivity index (χ0n) is 17.7. The molecule has 2 aromatic heterocycles. The first-order chi connectivity index (χ1) is 15.0. The summed E-state index contributed by atoms with van der Waals surface area (Å²) in [5.74, 6) is 1.32. The maximum atomic E-state index is 9.39. The third-order valence-corrected chi connectivity index (χ3v) is 6.06. The molecule has 0 bridgehead atoms. The standard InChI is InChI=1S/C26H23N5/c1-26(2,17-27)21-10-7-19(8-11-21)24-25(29-14-13-28-24)20-15-31(16-20)23-12-9-18-5-3-4-6-22(18)30-23/h3-14,20H,15-16H2,1-2H3. The molecule has 0 atom stereocenters. The van der Waals surface area contributed by atoms with Crippen molar-refractivity contribution in [3.05, 3.63) is 84.3 Å². The third kappa shape index (κ3) is 3.51. The molecule has 1 aliphatic rings. The van der Waals surface area contributed by atoms with E-state index < -0.39 is 5.41 Å². The smallest absolute Gasteiger partial charge is 0.129 e. The molecule has 2 aromatic carbocycles. The van der Waals surface area contributed by atoms with Gasteiger partial charge in [0, 0.05) is 42.4 Å². The number of fused-ring (bicyclic) bond motifs is 1. The van der Waals surface area contributed by atoms with Crippen molar-refractivity contribution in [2.24, 2.45) is 0 Å². The van der Waals surface area contributed by atoms with Crippen molar-refractivity contribution in [3.63, 3.8) is 0 Å². The van der Waals surface area contributed by atoms with Gasteiger partial charge in [0.15, 0.2) is 0 Å². The van der Waals surface area contributed by atoms with E-state index in [9.17, 15) is 5.26 Å². The summed E-state index contributed by atoms with van der Waals surface area (Å²) in [6.45, 7) is 5.60. The van der Waals surface area contributed by atoms with Gasteiger partial charge in [0.1, 0.15) is 5.82 Å². The lowest BCUT2D eigenvalue weighted by atomic mass is 9.85. The van der Waals surface area contributed by atoms with E-state index in [1.165, 1.54) is 0 Å². The quantitative estimate of drug-likeness (QED) is 0.473. The normalized spacial score (nSPS) is 14.3. The van der Waals surface area contributed by atoms with Gasteiger partial charge >= 0.3 is 0 Å². The summed E-state index contributed by atoms with van der Waals surface area (Å²) in [7, 11) is 0. The predicted octanol–water partition coefficient (Wildman–Crippen LogP) is 5.10. The second-order valence-electron chi connectivity index (χ2n) is 8.57. The van der Waals surface area contributed by atoms with Crippen LogP contribution >= 0.6 is 0 Å². The minimum absolute atomic E-state index is 0.312. The number of benzene rings is 2. The van der Waals surface area contributed by atoms with Crippen LogP contribution in [0.2, 0.25) is 0 Å². The van der Waals surface area contributed by atoms with Crippen LogP contribution in [0.25, 0.3) is 22.2 Å². The molecule has 0 spiro atoms. The number of hydrogen-bond donors (Lipinski definition) is 0. The summed E-state index contributed by atoms with van der Waals surface area (Å²) in [6.07, 6.45) is 3.51. The minimum atomic E-state index is -0.509. The van der Waals surface area contributed by atoms with Gasteiger partial charge in [-0.05, 0) is 37.6 Å². The van der Waals surface area contributed by atoms with E-state index in [1.807, 2.05) is 56.3 Å². The summed E-state index contributed by atoms with van der Waals surface area (Å²) in [4.78, 5) is 16.4. The lowest BCUT2D eigenvalue weighted by molar-refractivity contribution is 0.509. The number of nitrogens with zero attached hydrogens (tertiary/aromatic N) is 5. The average molecular weight is 406 g/mol. The molecule has 0 radical (unpaired) electrons. The van der Waals surface area contributed by atoms with E-state index >= 15 is 0 Å². The number of anilines is 1. The fraction of sp³-hybridized carbons (Fsp3) is 0.231. The Hall–Kier alpha value is -3.78. The van der Waals surface area contributed by atoms with E-state index in [0.717, 1.165) is 52.3 Å². The van der Waals surface area contributed by atoms with Crippen molar-refractivity contribution in [1.29, 1.82) is 5.26 Å². The largest absolute Gasteiger partial charge is 0.355 e. The van der Waals surface area contributed by atoms with Crippen LogP contribution in [-0.2, 0) is 5.41 Å². The molecule has 152 valence electrons. The third-order valence-electron chi connectivity index (χ3n) is 6.06. The maximum Gasteiger partial charge on any atom is 0.129 e. The molecule has 4 aromatic rings. The van der Waals surface area contributed by atoms with E-state index in [1.54, 1.807) is 12.4 Å². The van der Waals surface area contributed by atoms with Crippen LogP contribution in [0.5, 0.6) is 0 Å². The number of para-hydroxylation sites is 1. The molecule has 0 unspecified atom stereocenters. The van der Waals surface area contributed by atoms with Gasteiger partial charge in [-0.1, -0.05) is 42.5 Å². The Labute approximate surface area is 182 Å². The summed E-state index contributed by atoms with van der Waals surface area (Å²) < 4.78 is 0. The molecular formula is C26H23N5. The zero-order chi connectivity index (χ0) is 21.4. The summed E-state index contributed by atoms with van der Waals surface area (Å²) in [5, 5.41) is 10.5. The van der Waals surface area contributed by atoms with Gasteiger partial charge in [-0.3, -0.25) is 9.97 Å². The van der Waals surface area contributed by atoms with Crippen molar-refractivity contribution in [1.82, 2.24) is 15.0 Å². The monoisotopic (exact) mass is 405 g/mol. The second kappa shape index (κ2) is 7.48. The molecule has 1 fully saturated rings. The second-order valence-corrected chi connectivity index (χ2v) is 8.57. The SMILES string of the molecule is CC(C)(C#N)c1ccc(-c2nccnc2C2CN(c3ccc4ccccc4n3)C2)cc1. The summed E-state index contributed by atoms with van der Waals surface area (Å²) >= 11 is 0. The highest BCUT2D eigenvalue weighted by Crippen LogP contribution is 2.35. The van der Waals surface area contributed by atoms with Crippen LogP contribution < -0.4 is 4.90 Å². The number of nitriles is 1. The van der Waals surface area contributed by atoms with E-state index in [4.69, 9.17) is 4.98 Å². The number of pyridine rings is 1. The number of aromatic nitrogens is 3. The van der Waals surface area contributed by atoms with Gasteiger partial charge in [0.2, 0.25) is 0 Å². The first-order valence-electron chi connectivity index (χ1n) is 10.5. The van der Waals surface area contributed by atoms with E-state index in [2.05, 4.69) is 39.1 Å². The topological polar surface area (TPSA) is 65.7 Å². The highest BCUT2D eigenvalue weighted by Gasteiger charge is 2.32. The number of hydrogen-bond acceptors (Lipinski definition) is 5. The zero-order valence-corrected chi connectivity index (χ0v) is 17.7. The number of rotatable bonds is 4. The van der Waals surface area contributed by atoms with Gasteiger partial charge in [0.25, 0.3) is 0 Å². The summed E-state index contributed by atoms with van der Waals surface area (Å²) in [5.41, 5.74) is 4.48. The first-order valence-corrected chi connectivity index (χ1v) is 10.5. The van der Waals surface area contributed by atoms with Gasteiger partial charge in [0.05, 0.1) is 28.4 Å². The molecule has 1 saturated heterocycles. The molecule has 5 rings (SSSR count). The average Bonchev–Trinajstić information content (AvgIpc) is 2.78. The molecule has 31 heavy (non-hydrogen) atoms.